The van der Waals surface area contributed by atoms with E-state index in [0.29, 0.717) is 21.1 Å². The molecular formula is C12H8BrF2NO2S. The highest BCUT2D eigenvalue weighted by atomic mass is 79.9. The molecule has 2 aromatic rings. The molecule has 7 heteroatoms. The van der Waals surface area contributed by atoms with Crippen LogP contribution < -0.4 is 0 Å². The maximum Gasteiger partial charge on any atom is 0.308 e. The van der Waals surface area contributed by atoms with E-state index in [1.807, 2.05) is 0 Å². The SMILES string of the molecule is Cc1nc(-c2ccc(F)c(F)c2Br)sc1CC(=O)O. The maximum atomic E-state index is 13.5. The lowest BCUT2D eigenvalue weighted by Gasteiger charge is -2.02. The zero-order valence-corrected chi connectivity index (χ0v) is 12.1. The van der Waals surface area contributed by atoms with Crippen LogP contribution in [0.5, 0.6) is 0 Å². The lowest BCUT2D eigenvalue weighted by atomic mass is 10.2. The van der Waals surface area contributed by atoms with Crippen molar-refractivity contribution < 1.29 is 18.7 Å². The molecular weight excluding hydrogens is 340 g/mol. The highest BCUT2D eigenvalue weighted by Crippen LogP contribution is 2.35. The quantitative estimate of drug-likeness (QED) is 0.859. The lowest BCUT2D eigenvalue weighted by Crippen LogP contribution is -1.99. The number of thiazole rings is 1. The van der Waals surface area contributed by atoms with E-state index in [2.05, 4.69) is 20.9 Å². The van der Waals surface area contributed by atoms with Crippen LogP contribution in [0.1, 0.15) is 10.6 Å². The molecule has 0 unspecified atom stereocenters. The number of nitrogens with zero attached hydrogens (tertiary/aromatic N) is 1. The summed E-state index contributed by atoms with van der Waals surface area (Å²) in [5.41, 5.74) is 0.989. The Bertz CT molecular complexity index is 657. The molecule has 0 aliphatic carbocycles. The summed E-state index contributed by atoms with van der Waals surface area (Å²) < 4.78 is 26.5. The van der Waals surface area contributed by atoms with Gasteiger partial charge in [0.1, 0.15) is 5.01 Å². The van der Waals surface area contributed by atoms with Crippen LogP contribution >= 0.6 is 27.3 Å². The smallest absolute Gasteiger partial charge is 0.308 e. The van der Waals surface area contributed by atoms with Crippen molar-refractivity contribution in [2.45, 2.75) is 13.3 Å². The number of benzene rings is 1. The second kappa shape index (κ2) is 5.34. The van der Waals surface area contributed by atoms with Gasteiger partial charge < -0.3 is 5.11 Å². The summed E-state index contributed by atoms with van der Waals surface area (Å²) in [7, 11) is 0. The zero-order valence-electron chi connectivity index (χ0n) is 9.71. The Morgan fingerprint density at radius 1 is 1.47 bits per heavy atom. The van der Waals surface area contributed by atoms with E-state index in [1.165, 1.54) is 6.07 Å². The number of aryl methyl sites for hydroxylation is 1. The van der Waals surface area contributed by atoms with Crippen molar-refractivity contribution in [3.8, 4) is 10.6 Å². The Morgan fingerprint density at radius 2 is 2.16 bits per heavy atom. The summed E-state index contributed by atoms with van der Waals surface area (Å²) in [5, 5.41) is 9.22. The van der Waals surface area contributed by atoms with E-state index in [-0.39, 0.29) is 10.9 Å². The molecule has 100 valence electrons. The first-order valence-corrected chi connectivity index (χ1v) is 6.83. The van der Waals surface area contributed by atoms with Crippen molar-refractivity contribution in [3.63, 3.8) is 0 Å². The first-order chi connectivity index (χ1) is 8.90. The Labute approximate surface area is 120 Å². The normalized spacial score (nSPS) is 10.7. The molecule has 0 spiro atoms. The van der Waals surface area contributed by atoms with Gasteiger partial charge in [-0.2, -0.15) is 0 Å². The number of carboxylic acid groups (broad SMARTS) is 1. The van der Waals surface area contributed by atoms with Crippen LogP contribution in [-0.4, -0.2) is 16.1 Å². The Morgan fingerprint density at radius 3 is 2.79 bits per heavy atom. The van der Waals surface area contributed by atoms with Crippen molar-refractivity contribution in [1.29, 1.82) is 0 Å². The second-order valence-electron chi connectivity index (χ2n) is 3.82. The van der Waals surface area contributed by atoms with Crippen LogP contribution in [0.2, 0.25) is 0 Å². The zero-order chi connectivity index (χ0) is 14.2. The average molecular weight is 348 g/mol. The number of rotatable bonds is 3. The van der Waals surface area contributed by atoms with E-state index in [0.717, 1.165) is 17.4 Å². The summed E-state index contributed by atoms with van der Waals surface area (Å²) in [5.74, 6) is -2.89. The number of aromatic nitrogens is 1. The number of hydrogen-bond acceptors (Lipinski definition) is 3. The molecule has 2 rings (SSSR count). The fourth-order valence-electron chi connectivity index (χ4n) is 1.54. The molecule has 1 aromatic carbocycles. The monoisotopic (exact) mass is 347 g/mol. The van der Waals surface area contributed by atoms with Crippen LogP contribution in [0.4, 0.5) is 8.78 Å². The number of carboxylic acids is 1. The summed E-state index contributed by atoms with van der Waals surface area (Å²) >= 11 is 4.15. The van der Waals surface area contributed by atoms with E-state index in [1.54, 1.807) is 6.92 Å². The fourth-order valence-corrected chi connectivity index (χ4v) is 3.26. The molecule has 1 N–H and O–H groups in total. The molecule has 0 aliphatic heterocycles. The van der Waals surface area contributed by atoms with E-state index < -0.39 is 17.6 Å². The highest BCUT2D eigenvalue weighted by molar-refractivity contribution is 9.10. The molecule has 3 nitrogen and oxygen atoms in total. The molecule has 19 heavy (non-hydrogen) atoms. The van der Waals surface area contributed by atoms with E-state index in [9.17, 15) is 13.6 Å². The number of hydrogen-bond donors (Lipinski definition) is 1. The average Bonchev–Trinajstić information content (AvgIpc) is 2.67. The molecule has 0 saturated carbocycles. The van der Waals surface area contributed by atoms with Gasteiger partial charge >= 0.3 is 5.97 Å². The molecule has 0 bridgehead atoms. The lowest BCUT2D eigenvalue weighted by molar-refractivity contribution is -0.136. The maximum absolute atomic E-state index is 13.5. The van der Waals surface area contributed by atoms with Gasteiger partial charge in [0.2, 0.25) is 0 Å². The third-order valence-corrected chi connectivity index (χ3v) is 4.44. The topological polar surface area (TPSA) is 50.2 Å². The molecule has 1 heterocycles. The summed E-state index contributed by atoms with van der Waals surface area (Å²) in [6.07, 6.45) is -0.134. The molecule has 0 fully saturated rings. The molecule has 0 radical (unpaired) electrons. The van der Waals surface area contributed by atoms with Crippen molar-refractivity contribution in [1.82, 2.24) is 4.98 Å². The van der Waals surface area contributed by atoms with Crippen LogP contribution in [0.25, 0.3) is 10.6 Å². The van der Waals surface area contributed by atoms with E-state index in [4.69, 9.17) is 5.11 Å². The summed E-state index contributed by atoms with van der Waals surface area (Å²) in [6, 6.07) is 2.42. The predicted molar refractivity (Wildman–Crippen MR) is 71.2 cm³/mol. The summed E-state index contributed by atoms with van der Waals surface area (Å²) in [6.45, 7) is 1.69. The van der Waals surface area contributed by atoms with Crippen LogP contribution in [-0.2, 0) is 11.2 Å². The second-order valence-corrected chi connectivity index (χ2v) is 5.70. The van der Waals surface area contributed by atoms with Gasteiger partial charge in [-0.1, -0.05) is 0 Å². The minimum absolute atomic E-state index is 0.0110. The molecule has 0 amide bonds. The van der Waals surface area contributed by atoms with Crippen molar-refractivity contribution >= 4 is 33.2 Å². The highest BCUT2D eigenvalue weighted by Gasteiger charge is 2.17. The van der Waals surface area contributed by atoms with Gasteiger partial charge in [-0.05, 0) is 35.0 Å². The van der Waals surface area contributed by atoms with Crippen LogP contribution in [0.15, 0.2) is 16.6 Å². The fraction of sp³-hybridized carbons (Fsp3) is 0.167. The number of carbonyl (C=O) groups is 1. The van der Waals surface area contributed by atoms with Gasteiger partial charge in [-0.25, -0.2) is 13.8 Å². The largest absolute Gasteiger partial charge is 0.481 e. The third kappa shape index (κ3) is 2.82. The minimum Gasteiger partial charge on any atom is -0.481 e. The summed E-state index contributed by atoms with van der Waals surface area (Å²) in [4.78, 5) is 15.5. The molecule has 1 aromatic heterocycles. The standard InChI is InChI=1S/C12H8BrF2NO2S/c1-5-8(4-9(17)18)19-12(16-5)6-2-3-7(14)11(15)10(6)13/h2-3H,4H2,1H3,(H,17,18). The van der Waals surface area contributed by atoms with Gasteiger partial charge in [0.25, 0.3) is 0 Å². The first-order valence-electron chi connectivity index (χ1n) is 5.22. The number of halogens is 3. The van der Waals surface area contributed by atoms with Gasteiger partial charge in [0.15, 0.2) is 11.6 Å². The molecule has 0 saturated heterocycles. The number of aliphatic carboxylic acids is 1. The van der Waals surface area contributed by atoms with Gasteiger partial charge in [-0.15, -0.1) is 11.3 Å². The van der Waals surface area contributed by atoms with Gasteiger partial charge in [-0.3, -0.25) is 4.79 Å². The molecule has 0 aliphatic rings. The van der Waals surface area contributed by atoms with Crippen LogP contribution in [0.3, 0.4) is 0 Å². The first kappa shape index (κ1) is 14.1. The Hall–Kier alpha value is -1.34. The third-order valence-electron chi connectivity index (χ3n) is 2.47. The van der Waals surface area contributed by atoms with E-state index >= 15 is 0 Å². The van der Waals surface area contributed by atoms with Gasteiger partial charge in [0, 0.05) is 10.4 Å². The van der Waals surface area contributed by atoms with Gasteiger partial charge in [0.05, 0.1) is 16.6 Å². The molecule has 0 atom stereocenters. The predicted octanol–water partition coefficient (Wildman–Crippen LogP) is 3.79. The van der Waals surface area contributed by atoms with Crippen molar-refractivity contribution in [2.75, 3.05) is 0 Å². The Kier molecular flexibility index (Phi) is 3.96. The van der Waals surface area contributed by atoms with Crippen molar-refractivity contribution in [2.24, 2.45) is 0 Å². The van der Waals surface area contributed by atoms with Crippen LogP contribution in [0, 0.1) is 18.6 Å². The van der Waals surface area contributed by atoms with Crippen molar-refractivity contribution in [3.05, 3.63) is 38.8 Å². The Balaban J connectivity index is 2.48. The minimum atomic E-state index is -0.981.